The monoisotopic (exact) mass is 755 g/mol. The number of rotatable bonds is 33. The molecule has 0 spiro atoms. The van der Waals surface area contributed by atoms with E-state index in [1.165, 1.54) is 103 Å². The molecule has 0 aromatic rings. The van der Waals surface area contributed by atoms with Gasteiger partial charge in [-0.25, -0.2) is 0 Å². The Kier molecular flexibility index (Phi) is 28.9. The van der Waals surface area contributed by atoms with Gasteiger partial charge in [-0.2, -0.15) is 0 Å². The van der Waals surface area contributed by atoms with Gasteiger partial charge in [-0.3, -0.25) is 0 Å². The van der Waals surface area contributed by atoms with Crippen LogP contribution in [0.2, 0.25) is 18.1 Å². The van der Waals surface area contributed by atoms with Crippen molar-refractivity contribution >= 4 is 8.32 Å². The lowest BCUT2D eigenvalue weighted by Gasteiger charge is -2.45. The zero-order valence-electron chi connectivity index (χ0n) is 35.6. The number of methoxy groups -OCH3 is 1. The second-order valence-corrected chi connectivity index (χ2v) is 21.5. The maximum Gasteiger partial charge on any atom is 0.228 e. The van der Waals surface area contributed by atoms with E-state index in [0.29, 0.717) is 13.2 Å². The van der Waals surface area contributed by atoms with Gasteiger partial charge < -0.3 is 33.2 Å². The Morgan fingerprint density at radius 1 is 0.712 bits per heavy atom. The van der Waals surface area contributed by atoms with Gasteiger partial charge in [0.15, 0.2) is 8.32 Å². The molecule has 1 saturated heterocycles. The molecule has 1 rings (SSSR count). The molecule has 0 aliphatic carbocycles. The van der Waals surface area contributed by atoms with Crippen LogP contribution in [0.5, 0.6) is 0 Å². The summed E-state index contributed by atoms with van der Waals surface area (Å²) in [5.74, 6) is 0. The maximum atomic E-state index is 11.7. The Hall–Kier alpha value is -0.743. The van der Waals surface area contributed by atoms with Gasteiger partial charge in [0.2, 0.25) is 6.29 Å². The number of aliphatic hydroxyl groups excluding tert-OH is 1. The van der Waals surface area contributed by atoms with Crippen LogP contribution in [0.15, 0.2) is 24.5 Å². The van der Waals surface area contributed by atoms with Crippen molar-refractivity contribution in [3.8, 4) is 0 Å². The van der Waals surface area contributed by atoms with Crippen molar-refractivity contribution in [3.05, 3.63) is 24.5 Å². The van der Waals surface area contributed by atoms with Gasteiger partial charge in [0.05, 0.1) is 19.0 Å². The van der Waals surface area contributed by atoms with Crippen molar-refractivity contribution in [3.63, 3.8) is 0 Å². The third-order valence-corrected chi connectivity index (χ3v) is 15.6. The third kappa shape index (κ3) is 22.0. The first-order chi connectivity index (χ1) is 25.0. The summed E-state index contributed by atoms with van der Waals surface area (Å²) in [7, 11) is -0.278. The normalized spacial score (nSPS) is 22.2. The van der Waals surface area contributed by atoms with Gasteiger partial charge in [0.25, 0.3) is 0 Å². The van der Waals surface area contributed by atoms with Crippen LogP contribution in [0.25, 0.3) is 0 Å². The second-order valence-electron chi connectivity index (χ2n) is 16.7. The van der Waals surface area contributed by atoms with Crippen LogP contribution in [-0.4, -0.2) is 77.2 Å². The molecule has 1 aliphatic rings. The molecule has 0 aromatic heterocycles. The summed E-state index contributed by atoms with van der Waals surface area (Å²) < 4.78 is 37.8. The standard InChI is InChI=1S/C44H86O7Si/c1-10-13-15-17-18-19-20-21-22-23-24-25-26-27-29-31-35-47-42-41(48-36-33-38(46-7)32-30-28-16-14-11-2)40(45)39(51-43(42)49-34-12-3)37-50-52(8,9)44(4,5)6/h12,19-20,34,38-43,45H,10-11,13-18,21-33,35-37H2,1-9H3/b20-19-,34-12+/t38-,39-,40-,41+,42-,43?/m1/s1. The number of hydrogen-bond donors (Lipinski definition) is 1. The van der Waals surface area contributed by atoms with Crippen LogP contribution in [-0.2, 0) is 28.1 Å². The summed E-state index contributed by atoms with van der Waals surface area (Å²) >= 11 is 0. The number of allylic oxidation sites excluding steroid dienone is 3. The van der Waals surface area contributed by atoms with E-state index in [2.05, 4.69) is 59.9 Å². The first kappa shape index (κ1) is 49.3. The average Bonchev–Trinajstić information content (AvgIpc) is 3.11. The van der Waals surface area contributed by atoms with Crippen LogP contribution in [0.1, 0.15) is 176 Å². The largest absolute Gasteiger partial charge is 0.470 e. The molecule has 1 heterocycles. The predicted octanol–water partition coefficient (Wildman–Crippen LogP) is 12.2. The highest BCUT2D eigenvalue weighted by Crippen LogP contribution is 2.37. The van der Waals surface area contributed by atoms with Crippen molar-refractivity contribution in [2.24, 2.45) is 0 Å². The van der Waals surface area contributed by atoms with Crippen molar-refractivity contribution in [1.29, 1.82) is 0 Å². The molecule has 0 radical (unpaired) electrons. The second kappa shape index (κ2) is 30.5. The van der Waals surface area contributed by atoms with Crippen molar-refractivity contribution in [1.82, 2.24) is 0 Å². The topological polar surface area (TPSA) is 75.6 Å². The van der Waals surface area contributed by atoms with Gasteiger partial charge in [0, 0.05) is 20.3 Å². The molecule has 1 N–H and O–H groups in total. The summed E-state index contributed by atoms with van der Waals surface area (Å²) in [6.45, 7) is 18.9. The predicted molar refractivity (Wildman–Crippen MR) is 221 cm³/mol. The lowest BCUT2D eigenvalue weighted by molar-refractivity contribution is -0.304. The summed E-state index contributed by atoms with van der Waals surface area (Å²) in [6.07, 6.45) is 30.7. The van der Waals surface area contributed by atoms with Gasteiger partial charge in [0.1, 0.15) is 24.4 Å². The first-order valence-electron chi connectivity index (χ1n) is 21.7. The minimum absolute atomic E-state index is 0.0469. The molecule has 0 saturated carbocycles. The van der Waals surface area contributed by atoms with Gasteiger partial charge in [-0.15, -0.1) is 0 Å². The molecule has 0 amide bonds. The minimum atomic E-state index is -2.07. The molecule has 1 fully saturated rings. The molecule has 8 heteroatoms. The van der Waals surface area contributed by atoms with E-state index >= 15 is 0 Å². The van der Waals surface area contributed by atoms with E-state index in [9.17, 15) is 5.11 Å². The fraction of sp³-hybridized carbons (Fsp3) is 0.909. The summed E-state index contributed by atoms with van der Waals surface area (Å²) in [6, 6.07) is 0. The highest BCUT2D eigenvalue weighted by molar-refractivity contribution is 6.74. The fourth-order valence-corrected chi connectivity index (χ4v) is 7.44. The maximum absolute atomic E-state index is 11.7. The zero-order valence-corrected chi connectivity index (χ0v) is 36.6. The van der Waals surface area contributed by atoms with Crippen LogP contribution in [0.4, 0.5) is 0 Å². The zero-order chi connectivity index (χ0) is 38.5. The quantitative estimate of drug-likeness (QED) is 0.0309. The Balaban J connectivity index is 2.69. The Labute approximate surface area is 323 Å². The molecular weight excluding hydrogens is 669 g/mol. The highest BCUT2D eigenvalue weighted by atomic mass is 28.4. The van der Waals surface area contributed by atoms with Crippen LogP contribution in [0, 0.1) is 0 Å². The summed E-state index contributed by atoms with van der Waals surface area (Å²) in [5, 5.41) is 11.8. The summed E-state index contributed by atoms with van der Waals surface area (Å²) in [4.78, 5) is 0. The van der Waals surface area contributed by atoms with E-state index in [1.807, 2.05) is 13.0 Å². The van der Waals surface area contributed by atoms with Gasteiger partial charge in [-0.1, -0.05) is 143 Å². The van der Waals surface area contributed by atoms with Crippen molar-refractivity contribution in [2.45, 2.75) is 231 Å². The smallest absolute Gasteiger partial charge is 0.228 e. The molecule has 1 unspecified atom stereocenters. The Morgan fingerprint density at radius 2 is 1.25 bits per heavy atom. The third-order valence-electron chi connectivity index (χ3n) is 11.1. The number of unbranched alkanes of at least 4 members (excludes halogenated alkanes) is 16. The molecule has 1 aliphatic heterocycles. The fourth-order valence-electron chi connectivity index (χ4n) is 6.43. The lowest BCUT2D eigenvalue weighted by Crippen LogP contribution is -2.61. The molecule has 6 atom stereocenters. The van der Waals surface area contributed by atoms with E-state index in [4.69, 9.17) is 28.1 Å². The molecular formula is C44H86O7Si. The highest BCUT2D eigenvalue weighted by Gasteiger charge is 2.49. The van der Waals surface area contributed by atoms with E-state index < -0.39 is 39.0 Å². The molecule has 52 heavy (non-hydrogen) atoms. The van der Waals surface area contributed by atoms with Gasteiger partial charge in [-0.05, 0) is 70.0 Å². The van der Waals surface area contributed by atoms with E-state index in [1.54, 1.807) is 13.4 Å². The molecule has 0 aromatic carbocycles. The lowest BCUT2D eigenvalue weighted by atomic mass is 9.98. The average molecular weight is 755 g/mol. The minimum Gasteiger partial charge on any atom is -0.470 e. The molecule has 0 bridgehead atoms. The SMILES string of the molecule is C/C=C/OC1O[C@H](CO[Si](C)(C)C(C)(C)C)[C@@H](O)[C@H](OCC[C@@H](CCCCCCC)OC)[C@H]1OCCCCCCCCCC/C=C\CCCCCC. The number of aliphatic hydroxyl groups is 1. The van der Waals surface area contributed by atoms with Crippen LogP contribution < -0.4 is 0 Å². The Bertz CT molecular complexity index is 873. The van der Waals surface area contributed by atoms with Crippen molar-refractivity contribution in [2.75, 3.05) is 26.9 Å². The number of hydrogen-bond acceptors (Lipinski definition) is 7. The van der Waals surface area contributed by atoms with Crippen LogP contribution >= 0.6 is 0 Å². The molecule has 7 nitrogen and oxygen atoms in total. The Morgan fingerprint density at radius 3 is 1.83 bits per heavy atom. The first-order valence-corrected chi connectivity index (χ1v) is 24.6. The summed E-state index contributed by atoms with van der Waals surface area (Å²) in [5.41, 5.74) is 0. The number of ether oxygens (including phenoxy) is 5. The van der Waals surface area contributed by atoms with Crippen LogP contribution in [0.3, 0.4) is 0 Å². The molecule has 308 valence electrons. The van der Waals surface area contributed by atoms with E-state index in [-0.39, 0.29) is 17.7 Å². The van der Waals surface area contributed by atoms with Gasteiger partial charge >= 0.3 is 0 Å². The van der Waals surface area contributed by atoms with Crippen molar-refractivity contribution < 1.29 is 33.2 Å². The van der Waals surface area contributed by atoms with E-state index in [0.717, 1.165) is 32.1 Å².